The van der Waals surface area contributed by atoms with Gasteiger partial charge in [-0.1, -0.05) is 0 Å². The molecule has 9 heteroatoms. The first-order chi connectivity index (χ1) is 11.7. The molecule has 0 saturated carbocycles. The Hall–Kier alpha value is -3.23. The Labute approximate surface area is 134 Å². The van der Waals surface area contributed by atoms with Gasteiger partial charge in [0.2, 0.25) is 11.8 Å². The monoisotopic (exact) mass is 327 g/mol. The zero-order valence-corrected chi connectivity index (χ0v) is 12.1. The molecule has 2 aliphatic heterocycles. The van der Waals surface area contributed by atoms with Gasteiger partial charge in [0.1, 0.15) is 24.0 Å². The van der Waals surface area contributed by atoms with E-state index in [9.17, 15) is 9.18 Å². The lowest BCUT2D eigenvalue weighted by Crippen LogP contribution is -2.47. The summed E-state index contributed by atoms with van der Waals surface area (Å²) in [6, 6.07) is 0.769. The summed E-state index contributed by atoms with van der Waals surface area (Å²) < 4.78 is 25.1. The van der Waals surface area contributed by atoms with Crippen LogP contribution in [0.5, 0.6) is 11.8 Å². The Kier molecular flexibility index (Phi) is 2.55. The molecule has 0 saturated heterocycles. The van der Waals surface area contributed by atoms with Crippen LogP contribution in [0.2, 0.25) is 0 Å². The summed E-state index contributed by atoms with van der Waals surface area (Å²) in [5.74, 6) is -0.321. The van der Waals surface area contributed by atoms with Crippen molar-refractivity contribution in [2.24, 2.45) is 0 Å². The second-order valence-electron chi connectivity index (χ2n) is 5.59. The fourth-order valence-electron chi connectivity index (χ4n) is 2.98. The maximum atomic E-state index is 13.6. The van der Waals surface area contributed by atoms with Crippen molar-refractivity contribution in [3.05, 3.63) is 41.6 Å². The zero-order valence-electron chi connectivity index (χ0n) is 12.1. The van der Waals surface area contributed by atoms with Crippen LogP contribution in [-0.2, 0) is 0 Å². The SMILES string of the molecule is O=C1NC2COc3ncc(F)cc3C2Oc2cnc3[nH]cc1c3n2. The highest BCUT2D eigenvalue weighted by Crippen LogP contribution is 2.35. The lowest BCUT2D eigenvalue weighted by atomic mass is 10.0. The lowest BCUT2D eigenvalue weighted by molar-refractivity contribution is 0.0691. The molecule has 0 fully saturated rings. The minimum Gasteiger partial charge on any atom is -0.475 e. The number of rotatable bonds is 0. The molecule has 2 unspecified atom stereocenters. The Morgan fingerprint density at radius 3 is 3.12 bits per heavy atom. The van der Waals surface area contributed by atoms with Crippen LogP contribution in [0.1, 0.15) is 22.0 Å². The molecular weight excluding hydrogens is 317 g/mol. The van der Waals surface area contributed by atoms with E-state index in [1.165, 1.54) is 12.3 Å². The third kappa shape index (κ3) is 1.84. The van der Waals surface area contributed by atoms with Gasteiger partial charge in [0, 0.05) is 6.20 Å². The van der Waals surface area contributed by atoms with Crippen LogP contribution in [0.25, 0.3) is 11.2 Å². The van der Waals surface area contributed by atoms with Gasteiger partial charge in [-0.2, -0.15) is 0 Å². The van der Waals surface area contributed by atoms with Crippen LogP contribution >= 0.6 is 0 Å². The van der Waals surface area contributed by atoms with E-state index >= 15 is 0 Å². The highest BCUT2D eigenvalue weighted by molar-refractivity contribution is 6.04. The number of aromatic nitrogens is 4. The Morgan fingerprint density at radius 1 is 1.29 bits per heavy atom. The maximum Gasteiger partial charge on any atom is 0.255 e. The summed E-state index contributed by atoms with van der Waals surface area (Å²) in [6.07, 6.45) is 3.39. The molecular formula is C15H10FN5O3. The number of amides is 1. The molecule has 5 rings (SSSR count). The van der Waals surface area contributed by atoms with Crippen molar-refractivity contribution in [3.8, 4) is 11.8 Å². The van der Waals surface area contributed by atoms with Crippen molar-refractivity contribution in [3.63, 3.8) is 0 Å². The molecule has 0 spiro atoms. The second kappa shape index (κ2) is 4.63. The Morgan fingerprint density at radius 2 is 2.21 bits per heavy atom. The standard InChI is InChI=1S/C15H10FN5O3/c16-6-1-7-12-9(5-23-15(7)19-2-6)20-14(22)8-3-17-13-11(8)21-10(24-12)4-18-13/h1-4,9,12H,5H2,(H,17,18)(H,20,22). The van der Waals surface area contributed by atoms with Crippen LogP contribution in [0.15, 0.2) is 24.7 Å². The number of aromatic amines is 1. The second-order valence-corrected chi connectivity index (χ2v) is 5.59. The number of carbonyl (C=O) groups excluding carboxylic acids is 1. The van der Waals surface area contributed by atoms with Crippen molar-refractivity contribution < 1.29 is 18.7 Å². The van der Waals surface area contributed by atoms with Gasteiger partial charge in [-0.05, 0) is 6.07 Å². The average Bonchev–Trinajstić information content (AvgIpc) is 3.00. The normalized spacial score (nSPS) is 21.6. The molecule has 2 aliphatic rings. The van der Waals surface area contributed by atoms with Gasteiger partial charge in [0.05, 0.1) is 23.5 Å². The van der Waals surface area contributed by atoms with Crippen LogP contribution < -0.4 is 14.8 Å². The maximum absolute atomic E-state index is 13.6. The first-order valence-electron chi connectivity index (χ1n) is 7.29. The summed E-state index contributed by atoms with van der Waals surface area (Å²) in [7, 11) is 0. The molecule has 2 atom stereocenters. The number of nitrogens with zero attached hydrogens (tertiary/aromatic N) is 3. The number of fused-ring (bicyclic) bond motifs is 4. The van der Waals surface area contributed by atoms with Crippen molar-refractivity contribution in [1.82, 2.24) is 25.3 Å². The number of halogens is 1. The van der Waals surface area contributed by atoms with Crippen molar-refractivity contribution in [2.75, 3.05) is 6.61 Å². The van der Waals surface area contributed by atoms with Crippen molar-refractivity contribution >= 4 is 17.1 Å². The van der Waals surface area contributed by atoms with E-state index in [4.69, 9.17) is 9.47 Å². The van der Waals surface area contributed by atoms with Gasteiger partial charge in [0.15, 0.2) is 11.8 Å². The molecule has 2 bridgehead atoms. The largest absolute Gasteiger partial charge is 0.475 e. The van der Waals surface area contributed by atoms with Crippen molar-refractivity contribution in [1.29, 1.82) is 0 Å². The molecule has 5 heterocycles. The van der Waals surface area contributed by atoms with Gasteiger partial charge in [-0.15, -0.1) is 0 Å². The number of H-pyrrole nitrogens is 1. The highest BCUT2D eigenvalue weighted by Gasteiger charge is 2.37. The number of nitrogens with one attached hydrogen (secondary N) is 2. The van der Waals surface area contributed by atoms with Gasteiger partial charge in [-0.3, -0.25) is 4.79 Å². The molecule has 0 aromatic carbocycles. The van der Waals surface area contributed by atoms with E-state index in [1.54, 1.807) is 6.20 Å². The molecule has 1 amide bonds. The first-order valence-corrected chi connectivity index (χ1v) is 7.29. The summed E-state index contributed by atoms with van der Waals surface area (Å²) in [4.78, 5) is 27.9. The van der Waals surface area contributed by atoms with Crippen LogP contribution in [-0.4, -0.2) is 38.5 Å². The minimum atomic E-state index is -0.680. The topological polar surface area (TPSA) is 102 Å². The van der Waals surface area contributed by atoms with Gasteiger partial charge in [0.25, 0.3) is 5.91 Å². The average molecular weight is 327 g/mol. The van der Waals surface area contributed by atoms with E-state index in [0.29, 0.717) is 22.3 Å². The number of carbonyl (C=O) groups is 1. The summed E-state index contributed by atoms with van der Waals surface area (Å²) in [5.41, 5.74) is 1.69. The van der Waals surface area contributed by atoms with E-state index in [1.807, 2.05) is 0 Å². The molecule has 24 heavy (non-hydrogen) atoms. The van der Waals surface area contributed by atoms with E-state index in [-0.39, 0.29) is 24.3 Å². The molecule has 120 valence electrons. The molecule has 8 nitrogen and oxygen atoms in total. The predicted molar refractivity (Wildman–Crippen MR) is 78.2 cm³/mol. The molecule has 2 N–H and O–H groups in total. The number of hydrogen-bond donors (Lipinski definition) is 2. The molecule has 3 aromatic heterocycles. The summed E-state index contributed by atoms with van der Waals surface area (Å²) >= 11 is 0. The van der Waals surface area contributed by atoms with Crippen LogP contribution in [0, 0.1) is 5.82 Å². The van der Waals surface area contributed by atoms with Gasteiger partial charge in [-0.25, -0.2) is 19.3 Å². The van der Waals surface area contributed by atoms with Crippen molar-refractivity contribution in [2.45, 2.75) is 12.1 Å². The van der Waals surface area contributed by atoms with Crippen LogP contribution in [0.3, 0.4) is 0 Å². The minimum absolute atomic E-state index is 0.152. The smallest absolute Gasteiger partial charge is 0.255 e. The predicted octanol–water partition coefficient (Wildman–Crippen LogP) is 1.12. The summed E-state index contributed by atoms with van der Waals surface area (Å²) in [5, 5.41) is 2.85. The summed E-state index contributed by atoms with van der Waals surface area (Å²) in [6.45, 7) is 0.152. The van der Waals surface area contributed by atoms with E-state index in [2.05, 4.69) is 25.3 Å². The molecule has 0 radical (unpaired) electrons. The lowest BCUT2D eigenvalue weighted by Gasteiger charge is -2.32. The number of hydrogen-bond acceptors (Lipinski definition) is 6. The fourth-order valence-corrected chi connectivity index (χ4v) is 2.98. The Bertz CT molecular complexity index is 988. The number of pyridine rings is 1. The molecule has 3 aromatic rings. The highest BCUT2D eigenvalue weighted by atomic mass is 19.1. The first kappa shape index (κ1) is 13.2. The third-order valence-electron chi connectivity index (χ3n) is 4.08. The van der Waals surface area contributed by atoms with Crippen LogP contribution in [0.4, 0.5) is 4.39 Å². The van der Waals surface area contributed by atoms with Gasteiger partial charge < -0.3 is 19.8 Å². The molecule has 0 aliphatic carbocycles. The van der Waals surface area contributed by atoms with E-state index < -0.39 is 18.0 Å². The zero-order chi connectivity index (χ0) is 16.3. The van der Waals surface area contributed by atoms with E-state index in [0.717, 1.165) is 6.20 Å². The Balaban J connectivity index is 1.68. The van der Waals surface area contributed by atoms with Gasteiger partial charge >= 0.3 is 0 Å². The number of ether oxygens (including phenoxy) is 2. The fraction of sp³-hybridized carbons (Fsp3) is 0.200. The quantitative estimate of drug-likeness (QED) is 0.641. The third-order valence-corrected chi connectivity index (χ3v) is 4.08.